The first-order valence-corrected chi connectivity index (χ1v) is 8.32. The van der Waals surface area contributed by atoms with Crippen LogP contribution in [0.4, 0.5) is 0 Å². The molecule has 1 aromatic carbocycles. The number of rotatable bonds is 7. The van der Waals surface area contributed by atoms with Crippen LogP contribution in [-0.2, 0) is 16.1 Å². The number of hydrogen-bond donors (Lipinski definition) is 2. The number of hydrogen-bond acceptors (Lipinski definition) is 4. The van der Waals surface area contributed by atoms with Crippen LogP contribution in [0.15, 0.2) is 30.5 Å². The molecule has 2 atom stereocenters. The summed E-state index contributed by atoms with van der Waals surface area (Å²) in [7, 11) is 1.49. The molecule has 7 nitrogen and oxygen atoms in total. The lowest BCUT2D eigenvalue weighted by molar-refractivity contribution is -0.146. The predicted octanol–water partition coefficient (Wildman–Crippen LogP) is 3.24. The minimum absolute atomic E-state index is 0.578. The summed E-state index contributed by atoms with van der Waals surface area (Å²) in [6, 6.07) is 7.94. The van der Waals surface area contributed by atoms with Crippen LogP contribution in [0.3, 0.4) is 0 Å². The van der Waals surface area contributed by atoms with Gasteiger partial charge in [-0.05, 0) is 25.5 Å². The highest BCUT2D eigenvalue weighted by Gasteiger charge is 2.27. The summed E-state index contributed by atoms with van der Waals surface area (Å²) in [4.78, 5) is 11.2. The molecule has 25 heavy (non-hydrogen) atoms. The number of carboxylic acids is 1. The largest absolute Gasteiger partial charge is 0.481 e. The molecular weight excluding hydrogens is 320 g/mol. The summed E-state index contributed by atoms with van der Waals surface area (Å²) in [6.45, 7) is 4.59. The molecule has 2 N–H and O–H groups in total. The van der Waals surface area contributed by atoms with Crippen molar-refractivity contribution < 1.29 is 14.6 Å². The number of H-pyrrole nitrogens is 1. The third kappa shape index (κ3) is 3.28. The Morgan fingerprint density at radius 3 is 2.88 bits per heavy atom. The van der Waals surface area contributed by atoms with Crippen molar-refractivity contribution in [2.45, 2.75) is 32.9 Å². The Hall–Kier alpha value is -2.67. The van der Waals surface area contributed by atoms with Gasteiger partial charge in [-0.1, -0.05) is 19.1 Å². The van der Waals surface area contributed by atoms with E-state index in [9.17, 15) is 9.90 Å². The maximum absolute atomic E-state index is 11.2. The number of carboxylic acid groups (broad SMARTS) is 1. The van der Waals surface area contributed by atoms with E-state index in [4.69, 9.17) is 4.74 Å². The molecule has 3 aromatic rings. The van der Waals surface area contributed by atoms with E-state index < -0.39 is 18.0 Å². The second-order valence-corrected chi connectivity index (χ2v) is 6.13. The highest BCUT2D eigenvalue weighted by Crippen LogP contribution is 2.29. The standard InChI is InChI=1S/C18H22N4O3/c1-4-7-22-16-8-12(5-6-13(16)10-19-22)14-9-15(21-20-14)17(25-3)11(2)18(23)24/h5-6,8-11,17H,4,7H2,1-3H3,(H,20,21)(H,23,24). The summed E-state index contributed by atoms with van der Waals surface area (Å²) in [5.74, 6) is -1.60. The van der Waals surface area contributed by atoms with Crippen molar-refractivity contribution in [2.75, 3.05) is 7.11 Å². The fraction of sp³-hybridized carbons (Fsp3) is 0.389. The van der Waals surface area contributed by atoms with Crippen molar-refractivity contribution in [1.82, 2.24) is 20.0 Å². The average Bonchev–Trinajstić information content (AvgIpc) is 3.23. The van der Waals surface area contributed by atoms with Crippen LogP contribution in [0.5, 0.6) is 0 Å². The zero-order chi connectivity index (χ0) is 18.0. The molecule has 132 valence electrons. The fourth-order valence-electron chi connectivity index (χ4n) is 2.97. The number of aryl methyl sites for hydroxylation is 1. The third-order valence-electron chi connectivity index (χ3n) is 4.38. The number of aromatic nitrogens is 4. The molecule has 2 aromatic heterocycles. The SMILES string of the molecule is CCCn1ncc2ccc(-c3cc(C(OC)C(C)C(=O)O)n[nH]3)cc21. The Labute approximate surface area is 145 Å². The molecule has 2 unspecified atom stereocenters. The van der Waals surface area contributed by atoms with Crippen LogP contribution >= 0.6 is 0 Å². The molecule has 0 fully saturated rings. The third-order valence-corrected chi connectivity index (χ3v) is 4.38. The van der Waals surface area contributed by atoms with E-state index in [0.29, 0.717) is 5.69 Å². The van der Waals surface area contributed by atoms with Gasteiger partial charge in [-0.15, -0.1) is 0 Å². The van der Waals surface area contributed by atoms with Crippen molar-refractivity contribution >= 4 is 16.9 Å². The zero-order valence-corrected chi connectivity index (χ0v) is 14.6. The van der Waals surface area contributed by atoms with E-state index in [1.54, 1.807) is 6.92 Å². The van der Waals surface area contributed by atoms with Gasteiger partial charge in [0.25, 0.3) is 0 Å². The molecular formula is C18H22N4O3. The molecule has 2 heterocycles. The molecule has 0 saturated carbocycles. The van der Waals surface area contributed by atoms with Gasteiger partial charge in [-0.3, -0.25) is 14.6 Å². The highest BCUT2D eigenvalue weighted by atomic mass is 16.5. The molecule has 3 rings (SSSR count). The molecule has 0 aliphatic heterocycles. The molecule has 0 bridgehead atoms. The molecule has 0 radical (unpaired) electrons. The van der Waals surface area contributed by atoms with E-state index in [2.05, 4.69) is 28.3 Å². The van der Waals surface area contributed by atoms with Gasteiger partial charge >= 0.3 is 5.97 Å². The quantitative estimate of drug-likeness (QED) is 0.687. The first-order chi connectivity index (χ1) is 12.0. The first kappa shape index (κ1) is 17.2. The lowest BCUT2D eigenvalue weighted by Crippen LogP contribution is -2.20. The Morgan fingerprint density at radius 1 is 1.40 bits per heavy atom. The number of carbonyl (C=O) groups is 1. The second kappa shape index (κ2) is 7.06. The summed E-state index contributed by atoms with van der Waals surface area (Å²) in [6.07, 6.45) is 2.28. The Kier molecular flexibility index (Phi) is 4.85. The van der Waals surface area contributed by atoms with Gasteiger partial charge in [0.2, 0.25) is 0 Å². The molecule has 0 aliphatic carbocycles. The van der Waals surface area contributed by atoms with Gasteiger partial charge < -0.3 is 9.84 Å². The molecule has 0 spiro atoms. The van der Waals surface area contributed by atoms with E-state index in [1.165, 1.54) is 7.11 Å². The van der Waals surface area contributed by atoms with E-state index in [0.717, 1.165) is 35.1 Å². The van der Waals surface area contributed by atoms with Crippen molar-refractivity contribution in [3.8, 4) is 11.3 Å². The van der Waals surface area contributed by atoms with Gasteiger partial charge in [0.15, 0.2) is 0 Å². The maximum atomic E-state index is 11.2. The first-order valence-electron chi connectivity index (χ1n) is 8.32. The Bertz CT molecular complexity index is 883. The van der Waals surface area contributed by atoms with Crippen LogP contribution in [0.25, 0.3) is 22.2 Å². The molecule has 0 aliphatic rings. The number of methoxy groups -OCH3 is 1. The number of aromatic amines is 1. The number of aliphatic carboxylic acids is 1. The fourth-order valence-corrected chi connectivity index (χ4v) is 2.97. The smallest absolute Gasteiger partial charge is 0.309 e. The zero-order valence-electron chi connectivity index (χ0n) is 14.6. The lowest BCUT2D eigenvalue weighted by Gasteiger charge is -2.16. The number of nitrogens with one attached hydrogen (secondary N) is 1. The topological polar surface area (TPSA) is 93.0 Å². The van der Waals surface area contributed by atoms with E-state index in [-0.39, 0.29) is 0 Å². The summed E-state index contributed by atoms with van der Waals surface area (Å²) >= 11 is 0. The molecule has 0 amide bonds. The number of benzene rings is 1. The van der Waals surface area contributed by atoms with Crippen LogP contribution in [-0.4, -0.2) is 38.2 Å². The summed E-state index contributed by atoms with van der Waals surface area (Å²) in [5.41, 5.74) is 3.44. The van der Waals surface area contributed by atoms with Crippen molar-refractivity contribution in [2.24, 2.45) is 5.92 Å². The average molecular weight is 342 g/mol. The normalized spacial score (nSPS) is 13.9. The molecule has 7 heteroatoms. The van der Waals surface area contributed by atoms with Gasteiger partial charge in [-0.25, -0.2) is 0 Å². The number of ether oxygens (including phenoxy) is 1. The molecule has 0 saturated heterocycles. The van der Waals surface area contributed by atoms with Crippen LogP contribution < -0.4 is 0 Å². The van der Waals surface area contributed by atoms with Gasteiger partial charge in [-0.2, -0.15) is 10.2 Å². The van der Waals surface area contributed by atoms with Gasteiger partial charge in [0.05, 0.1) is 29.0 Å². The second-order valence-electron chi connectivity index (χ2n) is 6.13. The number of fused-ring (bicyclic) bond motifs is 1. The van der Waals surface area contributed by atoms with E-state index in [1.807, 2.05) is 29.1 Å². The predicted molar refractivity (Wildman–Crippen MR) is 94.2 cm³/mol. The highest BCUT2D eigenvalue weighted by molar-refractivity contribution is 5.83. The van der Waals surface area contributed by atoms with Gasteiger partial charge in [0, 0.05) is 24.6 Å². The minimum atomic E-state index is -0.915. The Morgan fingerprint density at radius 2 is 2.20 bits per heavy atom. The van der Waals surface area contributed by atoms with Crippen LogP contribution in [0.1, 0.15) is 32.1 Å². The Balaban J connectivity index is 1.95. The lowest BCUT2D eigenvalue weighted by atomic mass is 10.0. The number of nitrogens with zero attached hydrogens (tertiary/aromatic N) is 3. The summed E-state index contributed by atoms with van der Waals surface area (Å²) in [5, 5.41) is 22.0. The van der Waals surface area contributed by atoms with Crippen LogP contribution in [0, 0.1) is 5.92 Å². The monoisotopic (exact) mass is 342 g/mol. The summed E-state index contributed by atoms with van der Waals surface area (Å²) < 4.78 is 7.33. The van der Waals surface area contributed by atoms with Crippen molar-refractivity contribution in [1.29, 1.82) is 0 Å². The minimum Gasteiger partial charge on any atom is -0.481 e. The van der Waals surface area contributed by atoms with Gasteiger partial charge in [0.1, 0.15) is 6.10 Å². The van der Waals surface area contributed by atoms with E-state index >= 15 is 0 Å². The van der Waals surface area contributed by atoms with Crippen molar-refractivity contribution in [3.63, 3.8) is 0 Å². The van der Waals surface area contributed by atoms with Crippen molar-refractivity contribution in [3.05, 3.63) is 36.2 Å². The maximum Gasteiger partial charge on any atom is 0.309 e. The van der Waals surface area contributed by atoms with Crippen LogP contribution in [0.2, 0.25) is 0 Å².